The summed E-state index contributed by atoms with van der Waals surface area (Å²) in [4.78, 5) is 0. The van der Waals surface area contributed by atoms with E-state index in [9.17, 15) is 4.39 Å². The lowest BCUT2D eigenvalue weighted by atomic mass is 10.00. The van der Waals surface area contributed by atoms with Gasteiger partial charge in [0.2, 0.25) is 0 Å². The molecule has 0 saturated heterocycles. The Kier molecular flexibility index (Phi) is 6.42. The Morgan fingerprint density at radius 2 is 1.89 bits per heavy atom. The molecule has 1 aromatic rings. The Morgan fingerprint density at radius 3 is 2.44 bits per heavy atom. The zero-order chi connectivity index (χ0) is 13.4. The number of rotatable bonds is 6. The van der Waals surface area contributed by atoms with E-state index in [0.717, 1.165) is 29.6 Å². The van der Waals surface area contributed by atoms with E-state index < -0.39 is 6.17 Å². The van der Waals surface area contributed by atoms with Crippen molar-refractivity contribution in [1.82, 2.24) is 0 Å². The van der Waals surface area contributed by atoms with E-state index in [2.05, 4.69) is 6.92 Å². The SMILES string of the molecule is CCC/C=C(\C=C(C)C)C(F)Cc1ccccc1. The minimum Gasteiger partial charge on any atom is -0.242 e. The molecule has 0 aliphatic rings. The molecule has 0 aliphatic heterocycles. The van der Waals surface area contributed by atoms with E-state index in [-0.39, 0.29) is 0 Å². The zero-order valence-corrected chi connectivity index (χ0v) is 11.6. The van der Waals surface area contributed by atoms with Crippen molar-refractivity contribution in [2.45, 2.75) is 46.2 Å². The van der Waals surface area contributed by atoms with Gasteiger partial charge in [-0.1, -0.05) is 61.4 Å². The molecule has 1 aromatic carbocycles. The summed E-state index contributed by atoms with van der Waals surface area (Å²) in [5.74, 6) is 0. The van der Waals surface area contributed by atoms with Gasteiger partial charge in [-0.2, -0.15) is 0 Å². The Hall–Kier alpha value is -1.37. The van der Waals surface area contributed by atoms with Crippen LogP contribution in [0.3, 0.4) is 0 Å². The molecule has 18 heavy (non-hydrogen) atoms. The van der Waals surface area contributed by atoms with Gasteiger partial charge in [-0.15, -0.1) is 0 Å². The molecule has 0 amide bonds. The lowest BCUT2D eigenvalue weighted by Crippen LogP contribution is -2.07. The molecule has 0 N–H and O–H groups in total. The van der Waals surface area contributed by atoms with Gasteiger partial charge in [-0.05, 0) is 31.4 Å². The Balaban J connectivity index is 2.77. The lowest BCUT2D eigenvalue weighted by Gasteiger charge is -2.11. The Labute approximate surface area is 110 Å². The van der Waals surface area contributed by atoms with Crippen LogP contribution in [0.1, 0.15) is 39.2 Å². The fourth-order valence-corrected chi connectivity index (χ4v) is 1.86. The van der Waals surface area contributed by atoms with Crippen LogP contribution in [0.4, 0.5) is 4.39 Å². The molecule has 0 bridgehead atoms. The average Bonchev–Trinajstić information content (AvgIpc) is 2.35. The first-order valence-electron chi connectivity index (χ1n) is 6.66. The van der Waals surface area contributed by atoms with Crippen LogP contribution in [0.25, 0.3) is 0 Å². The van der Waals surface area contributed by atoms with Gasteiger partial charge in [0.05, 0.1) is 0 Å². The number of hydrogen-bond donors (Lipinski definition) is 0. The molecular weight excluding hydrogens is 223 g/mol. The fourth-order valence-electron chi connectivity index (χ4n) is 1.86. The third-order valence-corrected chi connectivity index (χ3v) is 2.74. The zero-order valence-electron chi connectivity index (χ0n) is 11.6. The molecule has 1 rings (SSSR count). The quantitative estimate of drug-likeness (QED) is 0.601. The standard InChI is InChI=1S/C17H23F/c1-4-5-11-16(12-14(2)3)17(18)13-15-9-7-6-8-10-15/h6-12,17H,4-5,13H2,1-3H3/b16-11+. The van der Waals surface area contributed by atoms with E-state index in [1.54, 1.807) is 0 Å². The third-order valence-electron chi connectivity index (χ3n) is 2.74. The molecule has 1 atom stereocenters. The Bertz CT molecular complexity index is 397. The van der Waals surface area contributed by atoms with Crippen molar-refractivity contribution < 1.29 is 4.39 Å². The van der Waals surface area contributed by atoms with Gasteiger partial charge in [0, 0.05) is 6.42 Å². The van der Waals surface area contributed by atoms with Gasteiger partial charge in [0.15, 0.2) is 0 Å². The van der Waals surface area contributed by atoms with Crippen LogP contribution in [0.15, 0.2) is 53.6 Å². The summed E-state index contributed by atoms with van der Waals surface area (Å²) in [6.07, 6.45) is 5.53. The first kappa shape index (κ1) is 14.7. The molecule has 0 fully saturated rings. The molecule has 1 unspecified atom stereocenters. The van der Waals surface area contributed by atoms with Crippen LogP contribution in [0, 0.1) is 0 Å². The van der Waals surface area contributed by atoms with Crippen molar-refractivity contribution >= 4 is 0 Å². The summed E-state index contributed by atoms with van der Waals surface area (Å²) in [5.41, 5.74) is 3.02. The molecule has 0 nitrogen and oxygen atoms in total. The van der Waals surface area contributed by atoms with Gasteiger partial charge in [-0.25, -0.2) is 4.39 Å². The molecular formula is C17H23F. The third kappa shape index (κ3) is 5.31. The smallest absolute Gasteiger partial charge is 0.129 e. The maximum atomic E-state index is 14.3. The number of alkyl halides is 1. The highest BCUT2D eigenvalue weighted by Gasteiger charge is 2.11. The number of halogens is 1. The van der Waals surface area contributed by atoms with Crippen LogP contribution < -0.4 is 0 Å². The highest BCUT2D eigenvalue weighted by atomic mass is 19.1. The van der Waals surface area contributed by atoms with Crippen molar-refractivity contribution in [2.24, 2.45) is 0 Å². The fraction of sp³-hybridized carbons (Fsp3) is 0.412. The molecule has 0 spiro atoms. The van der Waals surface area contributed by atoms with Gasteiger partial charge in [0.25, 0.3) is 0 Å². The number of benzene rings is 1. The predicted molar refractivity (Wildman–Crippen MR) is 77.5 cm³/mol. The Morgan fingerprint density at radius 1 is 1.22 bits per heavy atom. The topological polar surface area (TPSA) is 0 Å². The molecule has 0 saturated carbocycles. The maximum absolute atomic E-state index is 14.3. The predicted octanol–water partition coefficient (Wildman–Crippen LogP) is 5.26. The van der Waals surface area contributed by atoms with Crippen LogP contribution in [0.5, 0.6) is 0 Å². The lowest BCUT2D eigenvalue weighted by molar-refractivity contribution is 0.384. The first-order chi connectivity index (χ1) is 8.63. The maximum Gasteiger partial charge on any atom is 0.129 e. The van der Waals surface area contributed by atoms with Crippen molar-refractivity contribution in [2.75, 3.05) is 0 Å². The monoisotopic (exact) mass is 246 g/mol. The minimum atomic E-state index is -0.908. The van der Waals surface area contributed by atoms with E-state index in [1.807, 2.05) is 56.3 Å². The molecule has 1 heteroatoms. The van der Waals surface area contributed by atoms with Crippen molar-refractivity contribution in [3.63, 3.8) is 0 Å². The van der Waals surface area contributed by atoms with Crippen LogP contribution >= 0.6 is 0 Å². The highest BCUT2D eigenvalue weighted by molar-refractivity contribution is 5.28. The van der Waals surface area contributed by atoms with E-state index >= 15 is 0 Å². The number of hydrogen-bond acceptors (Lipinski definition) is 0. The van der Waals surface area contributed by atoms with Crippen LogP contribution in [-0.2, 0) is 6.42 Å². The summed E-state index contributed by atoms with van der Waals surface area (Å²) in [6.45, 7) is 6.13. The molecule has 0 aromatic heterocycles. The summed E-state index contributed by atoms with van der Waals surface area (Å²) in [6, 6.07) is 9.83. The summed E-state index contributed by atoms with van der Waals surface area (Å²) < 4.78 is 14.3. The van der Waals surface area contributed by atoms with E-state index in [1.165, 1.54) is 0 Å². The summed E-state index contributed by atoms with van der Waals surface area (Å²) in [5, 5.41) is 0. The second-order valence-corrected chi connectivity index (χ2v) is 4.87. The molecule has 0 radical (unpaired) electrons. The van der Waals surface area contributed by atoms with Crippen LogP contribution in [0.2, 0.25) is 0 Å². The highest BCUT2D eigenvalue weighted by Crippen LogP contribution is 2.17. The second kappa shape index (κ2) is 7.86. The minimum absolute atomic E-state index is 0.458. The van der Waals surface area contributed by atoms with Gasteiger partial charge in [0.1, 0.15) is 6.17 Å². The van der Waals surface area contributed by atoms with E-state index in [4.69, 9.17) is 0 Å². The molecule has 0 heterocycles. The van der Waals surface area contributed by atoms with Crippen molar-refractivity contribution in [3.8, 4) is 0 Å². The van der Waals surface area contributed by atoms with Crippen LogP contribution in [-0.4, -0.2) is 6.17 Å². The average molecular weight is 246 g/mol. The molecule has 98 valence electrons. The van der Waals surface area contributed by atoms with Gasteiger partial charge < -0.3 is 0 Å². The van der Waals surface area contributed by atoms with Crippen molar-refractivity contribution in [3.05, 3.63) is 59.2 Å². The summed E-state index contributed by atoms with van der Waals surface area (Å²) >= 11 is 0. The van der Waals surface area contributed by atoms with E-state index in [0.29, 0.717) is 6.42 Å². The normalized spacial score (nSPS) is 13.2. The number of allylic oxidation sites excluding steroid dienone is 4. The second-order valence-electron chi connectivity index (χ2n) is 4.87. The van der Waals surface area contributed by atoms with Crippen molar-refractivity contribution in [1.29, 1.82) is 0 Å². The number of unbranched alkanes of at least 4 members (excludes halogenated alkanes) is 1. The molecule has 0 aliphatic carbocycles. The largest absolute Gasteiger partial charge is 0.242 e. The van der Waals surface area contributed by atoms with Gasteiger partial charge >= 0.3 is 0 Å². The summed E-state index contributed by atoms with van der Waals surface area (Å²) in [7, 11) is 0. The van der Waals surface area contributed by atoms with Gasteiger partial charge in [-0.3, -0.25) is 0 Å². The first-order valence-corrected chi connectivity index (χ1v) is 6.66.